The van der Waals surface area contributed by atoms with Gasteiger partial charge in [-0.1, -0.05) is 18.2 Å². The molecule has 2 aromatic rings. The molecule has 18 heavy (non-hydrogen) atoms. The van der Waals surface area contributed by atoms with Crippen molar-refractivity contribution >= 4 is 11.7 Å². The van der Waals surface area contributed by atoms with Gasteiger partial charge in [-0.05, 0) is 30.4 Å². The maximum Gasteiger partial charge on any atom is 0.122 e. The Morgan fingerprint density at radius 2 is 2.33 bits per heavy atom. The van der Waals surface area contributed by atoms with Gasteiger partial charge in [-0.25, -0.2) is 0 Å². The molecule has 5 heteroatoms. The van der Waals surface area contributed by atoms with Gasteiger partial charge in [0.2, 0.25) is 0 Å². The van der Waals surface area contributed by atoms with Crippen LogP contribution >= 0.6 is 11.7 Å². The van der Waals surface area contributed by atoms with Gasteiger partial charge in [0, 0.05) is 0 Å². The van der Waals surface area contributed by atoms with Crippen molar-refractivity contribution in [2.75, 3.05) is 6.61 Å². The molecule has 3 rings (SSSR count). The van der Waals surface area contributed by atoms with Gasteiger partial charge in [0.15, 0.2) is 0 Å². The largest absolute Gasteiger partial charge is 0.493 e. The fourth-order valence-corrected chi connectivity index (χ4v) is 2.90. The molecule has 2 heterocycles. The summed E-state index contributed by atoms with van der Waals surface area (Å²) >= 11 is 1.21. The molecule has 2 atom stereocenters. The van der Waals surface area contributed by atoms with Gasteiger partial charge in [0.05, 0.1) is 36.3 Å². The number of hydrogen-bond acceptors (Lipinski definition) is 5. The Bertz CT molecular complexity index is 515. The van der Waals surface area contributed by atoms with Crippen molar-refractivity contribution in [1.82, 2.24) is 8.75 Å². The summed E-state index contributed by atoms with van der Waals surface area (Å²) in [5.41, 5.74) is 8.35. The van der Waals surface area contributed by atoms with E-state index in [0.717, 1.165) is 30.9 Å². The summed E-state index contributed by atoms with van der Waals surface area (Å²) in [6, 6.07) is 8.17. The second-order valence-electron chi connectivity index (χ2n) is 4.55. The molecule has 1 aromatic heterocycles. The third kappa shape index (κ3) is 2.23. The van der Waals surface area contributed by atoms with Crippen LogP contribution in [-0.2, 0) is 0 Å². The molecule has 0 saturated heterocycles. The van der Waals surface area contributed by atoms with E-state index in [1.54, 1.807) is 6.20 Å². The van der Waals surface area contributed by atoms with E-state index in [-0.39, 0.29) is 6.04 Å². The topological polar surface area (TPSA) is 61.0 Å². The van der Waals surface area contributed by atoms with Crippen LogP contribution in [0.15, 0.2) is 30.5 Å². The van der Waals surface area contributed by atoms with Crippen molar-refractivity contribution in [1.29, 1.82) is 0 Å². The number of para-hydroxylation sites is 1. The summed E-state index contributed by atoms with van der Waals surface area (Å²) < 4.78 is 13.9. The first-order valence-corrected chi connectivity index (χ1v) is 6.82. The van der Waals surface area contributed by atoms with E-state index in [9.17, 15) is 0 Å². The van der Waals surface area contributed by atoms with Crippen LogP contribution in [0.25, 0.3) is 0 Å². The smallest absolute Gasteiger partial charge is 0.122 e. The SMILES string of the molecule is NC(CC1CCOc2ccccc21)c1cnsn1. The molecule has 1 aliphatic heterocycles. The Morgan fingerprint density at radius 3 is 3.17 bits per heavy atom. The van der Waals surface area contributed by atoms with Gasteiger partial charge in [-0.3, -0.25) is 0 Å². The van der Waals surface area contributed by atoms with Crippen LogP contribution in [-0.4, -0.2) is 15.4 Å². The van der Waals surface area contributed by atoms with E-state index in [1.165, 1.54) is 17.3 Å². The van der Waals surface area contributed by atoms with Gasteiger partial charge >= 0.3 is 0 Å². The van der Waals surface area contributed by atoms with Crippen LogP contribution in [0.1, 0.15) is 36.1 Å². The summed E-state index contributed by atoms with van der Waals surface area (Å²) in [5, 5.41) is 0. The van der Waals surface area contributed by atoms with E-state index in [2.05, 4.69) is 20.9 Å². The van der Waals surface area contributed by atoms with Gasteiger partial charge in [-0.15, -0.1) is 0 Å². The second kappa shape index (κ2) is 5.04. The lowest BCUT2D eigenvalue weighted by molar-refractivity contribution is 0.259. The van der Waals surface area contributed by atoms with Crippen molar-refractivity contribution in [3.05, 3.63) is 41.7 Å². The van der Waals surface area contributed by atoms with Crippen LogP contribution in [0, 0.1) is 0 Å². The Morgan fingerprint density at radius 1 is 1.44 bits per heavy atom. The molecule has 1 aliphatic rings. The summed E-state index contributed by atoms with van der Waals surface area (Å²) in [5.74, 6) is 1.45. The first-order valence-electron chi connectivity index (χ1n) is 6.09. The normalized spacial score (nSPS) is 19.9. The fraction of sp³-hybridized carbons (Fsp3) is 0.385. The number of nitrogens with two attached hydrogens (primary N) is 1. The van der Waals surface area contributed by atoms with Crippen molar-refractivity contribution in [3.63, 3.8) is 0 Å². The number of benzene rings is 1. The minimum atomic E-state index is -0.0418. The molecule has 0 saturated carbocycles. The molecule has 0 radical (unpaired) electrons. The zero-order chi connectivity index (χ0) is 12.4. The van der Waals surface area contributed by atoms with E-state index >= 15 is 0 Å². The van der Waals surface area contributed by atoms with E-state index < -0.39 is 0 Å². The zero-order valence-electron chi connectivity index (χ0n) is 9.95. The highest BCUT2D eigenvalue weighted by Gasteiger charge is 2.24. The zero-order valence-corrected chi connectivity index (χ0v) is 10.8. The molecule has 94 valence electrons. The third-order valence-electron chi connectivity index (χ3n) is 3.38. The standard InChI is InChI=1S/C13H15N3OS/c14-11(12-8-15-18-16-12)7-9-5-6-17-13-4-2-1-3-10(9)13/h1-4,8-9,11H,5-7,14H2. The minimum Gasteiger partial charge on any atom is -0.493 e. The molecule has 2 unspecified atom stereocenters. The molecule has 0 bridgehead atoms. The Kier molecular flexibility index (Phi) is 3.25. The molecular formula is C13H15N3OS. The molecule has 0 fully saturated rings. The number of nitrogens with zero attached hydrogens (tertiary/aromatic N) is 2. The number of aromatic nitrogens is 2. The highest BCUT2D eigenvalue weighted by atomic mass is 32.1. The van der Waals surface area contributed by atoms with Gasteiger partial charge in [0.1, 0.15) is 5.75 Å². The average molecular weight is 261 g/mol. The Hall–Kier alpha value is -1.46. The lowest BCUT2D eigenvalue weighted by Gasteiger charge is -2.27. The van der Waals surface area contributed by atoms with Crippen LogP contribution in [0.2, 0.25) is 0 Å². The summed E-state index contributed by atoms with van der Waals surface area (Å²) in [6.07, 6.45) is 3.68. The van der Waals surface area contributed by atoms with Crippen molar-refractivity contribution < 1.29 is 4.74 Å². The number of rotatable bonds is 3. The Labute approximate surface area is 110 Å². The number of hydrogen-bond donors (Lipinski definition) is 1. The maximum absolute atomic E-state index is 6.19. The summed E-state index contributed by atoms with van der Waals surface area (Å²) in [4.78, 5) is 0. The lowest BCUT2D eigenvalue weighted by atomic mass is 9.87. The van der Waals surface area contributed by atoms with Crippen LogP contribution in [0.5, 0.6) is 5.75 Å². The van der Waals surface area contributed by atoms with Gasteiger partial charge in [-0.2, -0.15) is 8.75 Å². The predicted octanol–water partition coefficient (Wildman–Crippen LogP) is 2.49. The molecule has 0 aliphatic carbocycles. The third-order valence-corrected chi connectivity index (χ3v) is 3.87. The maximum atomic E-state index is 6.19. The molecule has 0 amide bonds. The molecule has 4 nitrogen and oxygen atoms in total. The van der Waals surface area contributed by atoms with Crippen LogP contribution in [0.4, 0.5) is 0 Å². The molecular weight excluding hydrogens is 246 g/mol. The molecule has 1 aromatic carbocycles. The second-order valence-corrected chi connectivity index (χ2v) is 5.10. The van der Waals surface area contributed by atoms with Crippen LogP contribution < -0.4 is 10.5 Å². The number of ether oxygens (including phenoxy) is 1. The Balaban J connectivity index is 1.78. The predicted molar refractivity (Wildman–Crippen MR) is 70.7 cm³/mol. The first-order chi connectivity index (χ1) is 8.84. The van der Waals surface area contributed by atoms with Crippen molar-refractivity contribution in [2.24, 2.45) is 5.73 Å². The highest BCUT2D eigenvalue weighted by molar-refractivity contribution is 6.99. The van der Waals surface area contributed by atoms with Crippen LogP contribution in [0.3, 0.4) is 0 Å². The number of fused-ring (bicyclic) bond motifs is 1. The summed E-state index contributed by atoms with van der Waals surface area (Å²) in [7, 11) is 0. The fourth-order valence-electron chi connectivity index (χ4n) is 2.42. The van der Waals surface area contributed by atoms with Gasteiger partial charge < -0.3 is 10.5 Å². The van der Waals surface area contributed by atoms with E-state index in [4.69, 9.17) is 10.5 Å². The minimum absolute atomic E-state index is 0.0418. The average Bonchev–Trinajstić information content (AvgIpc) is 2.93. The quantitative estimate of drug-likeness (QED) is 0.922. The van der Waals surface area contributed by atoms with Crippen molar-refractivity contribution in [3.8, 4) is 5.75 Å². The van der Waals surface area contributed by atoms with Gasteiger partial charge in [0.25, 0.3) is 0 Å². The summed E-state index contributed by atoms with van der Waals surface area (Å²) in [6.45, 7) is 0.768. The first kappa shape index (κ1) is 11.6. The van der Waals surface area contributed by atoms with E-state index in [1.807, 2.05) is 12.1 Å². The lowest BCUT2D eigenvalue weighted by Crippen LogP contribution is -2.20. The van der Waals surface area contributed by atoms with E-state index in [0.29, 0.717) is 5.92 Å². The highest BCUT2D eigenvalue weighted by Crippen LogP contribution is 2.37. The molecule has 2 N–H and O–H groups in total. The van der Waals surface area contributed by atoms with Crippen molar-refractivity contribution in [2.45, 2.75) is 24.8 Å². The monoisotopic (exact) mass is 261 g/mol. The molecule has 0 spiro atoms.